The summed E-state index contributed by atoms with van der Waals surface area (Å²) in [7, 11) is -2.16. The highest BCUT2D eigenvalue weighted by molar-refractivity contribution is 9.10. The van der Waals surface area contributed by atoms with Crippen molar-refractivity contribution in [2.24, 2.45) is 0 Å². The minimum atomic E-state index is -3.67. The third-order valence-electron chi connectivity index (χ3n) is 2.46. The van der Waals surface area contributed by atoms with Gasteiger partial charge in [0, 0.05) is 34.5 Å². The van der Waals surface area contributed by atoms with Crippen molar-refractivity contribution in [2.45, 2.75) is 11.6 Å². The Morgan fingerprint density at radius 1 is 1.53 bits per heavy atom. The zero-order chi connectivity index (χ0) is 14.0. The molecule has 2 rings (SSSR count). The molecule has 0 aliphatic heterocycles. The maximum atomic E-state index is 12.3. The summed E-state index contributed by atoms with van der Waals surface area (Å²) in [5.41, 5.74) is 5.82. The van der Waals surface area contributed by atoms with Crippen molar-refractivity contribution in [1.29, 1.82) is 0 Å². The van der Waals surface area contributed by atoms with Gasteiger partial charge in [-0.2, -0.15) is 4.31 Å². The van der Waals surface area contributed by atoms with Crippen LogP contribution < -0.4 is 5.73 Å². The molecule has 0 aliphatic rings. The number of nitrogens with two attached hydrogens (primary N) is 1. The van der Waals surface area contributed by atoms with Crippen LogP contribution in [0, 0.1) is 0 Å². The summed E-state index contributed by atoms with van der Waals surface area (Å²) in [4.78, 5) is 4.79. The van der Waals surface area contributed by atoms with E-state index in [1.807, 2.05) is 11.4 Å². The van der Waals surface area contributed by atoms with E-state index in [0.29, 0.717) is 0 Å². The molecule has 0 aliphatic carbocycles. The van der Waals surface area contributed by atoms with Crippen molar-refractivity contribution in [3.8, 4) is 0 Å². The van der Waals surface area contributed by atoms with Crippen molar-refractivity contribution >= 4 is 43.0 Å². The van der Waals surface area contributed by atoms with Crippen molar-refractivity contribution in [2.75, 3.05) is 12.8 Å². The monoisotopic (exact) mass is 361 g/mol. The molecule has 102 valence electrons. The zero-order valence-corrected chi connectivity index (χ0v) is 13.3. The van der Waals surface area contributed by atoms with E-state index in [1.54, 1.807) is 6.07 Å². The first-order chi connectivity index (χ1) is 8.91. The molecule has 2 aromatic heterocycles. The number of thiophene rings is 1. The number of halogens is 1. The number of nitrogens with zero attached hydrogens (tertiary/aromatic N) is 2. The van der Waals surface area contributed by atoms with Crippen LogP contribution in [0.15, 0.2) is 39.3 Å². The topological polar surface area (TPSA) is 76.3 Å². The van der Waals surface area contributed by atoms with Crippen LogP contribution in [-0.4, -0.2) is 24.8 Å². The number of sulfonamides is 1. The Labute approximate surface area is 124 Å². The molecule has 19 heavy (non-hydrogen) atoms. The van der Waals surface area contributed by atoms with Crippen LogP contribution in [0.1, 0.15) is 4.88 Å². The van der Waals surface area contributed by atoms with E-state index < -0.39 is 10.0 Å². The van der Waals surface area contributed by atoms with Gasteiger partial charge in [0.2, 0.25) is 0 Å². The van der Waals surface area contributed by atoms with Gasteiger partial charge < -0.3 is 5.73 Å². The molecule has 2 heterocycles. The number of anilines is 1. The third-order valence-corrected chi connectivity index (χ3v) is 5.92. The average Bonchev–Trinajstić information content (AvgIpc) is 2.75. The van der Waals surface area contributed by atoms with Crippen molar-refractivity contribution in [3.05, 3.63) is 39.1 Å². The summed E-state index contributed by atoms with van der Waals surface area (Å²) in [6, 6.07) is 5.01. The first-order valence-corrected chi connectivity index (χ1v) is 8.42. The van der Waals surface area contributed by atoms with E-state index in [0.717, 1.165) is 9.35 Å². The Morgan fingerprint density at radius 3 is 2.84 bits per heavy atom. The number of pyridine rings is 1. The molecule has 0 fully saturated rings. The predicted molar refractivity (Wildman–Crippen MR) is 79.3 cm³/mol. The van der Waals surface area contributed by atoms with Crippen LogP contribution in [0.5, 0.6) is 0 Å². The summed E-state index contributed by atoms with van der Waals surface area (Å²) < 4.78 is 26.9. The smallest absolute Gasteiger partial charge is 0.262 e. The van der Waals surface area contributed by atoms with Crippen molar-refractivity contribution in [1.82, 2.24) is 9.29 Å². The van der Waals surface area contributed by atoms with E-state index in [1.165, 1.54) is 35.0 Å². The van der Waals surface area contributed by atoms with E-state index in [9.17, 15) is 8.42 Å². The third kappa shape index (κ3) is 3.14. The number of hydrogen-bond acceptors (Lipinski definition) is 5. The molecule has 0 unspecified atom stereocenters. The molecule has 0 saturated heterocycles. The van der Waals surface area contributed by atoms with Crippen molar-refractivity contribution < 1.29 is 8.42 Å². The Bertz CT molecular complexity index is 685. The molecule has 0 atom stereocenters. The van der Waals surface area contributed by atoms with E-state index >= 15 is 0 Å². The van der Waals surface area contributed by atoms with Gasteiger partial charge in [0.05, 0.1) is 5.69 Å². The van der Waals surface area contributed by atoms with Crippen LogP contribution >= 0.6 is 27.3 Å². The summed E-state index contributed by atoms with van der Waals surface area (Å²) in [5, 5.41) is 1.80. The first-order valence-electron chi connectivity index (χ1n) is 5.31. The van der Waals surface area contributed by atoms with E-state index in [4.69, 9.17) is 5.73 Å². The van der Waals surface area contributed by atoms with Gasteiger partial charge in [-0.25, -0.2) is 13.4 Å². The van der Waals surface area contributed by atoms with Crippen LogP contribution in [0.3, 0.4) is 0 Å². The van der Waals surface area contributed by atoms with Gasteiger partial charge in [0.1, 0.15) is 0 Å². The number of nitrogen functional groups attached to an aromatic ring is 1. The number of hydrogen-bond donors (Lipinski definition) is 1. The van der Waals surface area contributed by atoms with Gasteiger partial charge in [-0.3, -0.25) is 0 Å². The molecular formula is C11H12BrN3O2S2. The molecule has 2 N–H and O–H groups in total. The second-order valence-corrected chi connectivity index (χ2v) is 7.76. The molecule has 0 amide bonds. The Kier molecular flexibility index (Phi) is 4.24. The highest BCUT2D eigenvalue weighted by Gasteiger charge is 2.25. The fraction of sp³-hybridized carbons (Fsp3) is 0.182. The molecule has 0 spiro atoms. The van der Waals surface area contributed by atoms with Gasteiger partial charge in [0.15, 0.2) is 5.03 Å². The average molecular weight is 362 g/mol. The summed E-state index contributed by atoms with van der Waals surface area (Å²) in [6.45, 7) is 0.286. The molecule has 0 bridgehead atoms. The second kappa shape index (κ2) is 5.58. The first kappa shape index (κ1) is 14.4. The largest absolute Gasteiger partial charge is 0.396 e. The predicted octanol–water partition coefficient (Wildman–Crippen LogP) is 2.31. The van der Waals surface area contributed by atoms with Gasteiger partial charge in [-0.1, -0.05) is 0 Å². The highest BCUT2D eigenvalue weighted by atomic mass is 79.9. The minimum absolute atomic E-state index is 0.104. The van der Waals surface area contributed by atoms with Crippen LogP contribution in [0.4, 0.5) is 5.69 Å². The van der Waals surface area contributed by atoms with Gasteiger partial charge in [-0.15, -0.1) is 11.3 Å². The molecule has 2 aromatic rings. The molecule has 0 aromatic carbocycles. The molecule has 8 heteroatoms. The lowest BCUT2D eigenvalue weighted by molar-refractivity contribution is 0.467. The number of rotatable bonds is 4. The van der Waals surface area contributed by atoms with Crippen LogP contribution in [0.2, 0.25) is 0 Å². The molecule has 0 radical (unpaired) electrons. The summed E-state index contributed by atoms with van der Waals surface area (Å²) in [5.74, 6) is 0. The lowest BCUT2D eigenvalue weighted by atomic mass is 10.4. The van der Waals surface area contributed by atoms with Gasteiger partial charge >= 0.3 is 0 Å². The summed E-state index contributed by atoms with van der Waals surface area (Å²) in [6.07, 6.45) is 1.42. The summed E-state index contributed by atoms with van der Waals surface area (Å²) >= 11 is 4.83. The van der Waals surface area contributed by atoms with E-state index in [-0.39, 0.29) is 17.3 Å². The highest BCUT2D eigenvalue weighted by Crippen LogP contribution is 2.24. The fourth-order valence-corrected chi connectivity index (χ4v) is 4.26. The molecule has 0 saturated carbocycles. The normalized spacial score (nSPS) is 11.9. The number of aromatic nitrogens is 1. The second-order valence-electron chi connectivity index (χ2n) is 3.89. The van der Waals surface area contributed by atoms with Gasteiger partial charge in [-0.05, 0) is 34.1 Å². The van der Waals surface area contributed by atoms with Gasteiger partial charge in [0.25, 0.3) is 10.0 Å². The quantitative estimate of drug-likeness (QED) is 0.906. The van der Waals surface area contributed by atoms with Crippen molar-refractivity contribution in [3.63, 3.8) is 0 Å². The SMILES string of the molecule is CN(Cc1cc(Br)cs1)S(=O)(=O)c1ncccc1N. The van der Waals surface area contributed by atoms with E-state index in [2.05, 4.69) is 20.9 Å². The molecule has 5 nitrogen and oxygen atoms in total. The minimum Gasteiger partial charge on any atom is -0.396 e. The van der Waals surface area contributed by atoms with Crippen LogP contribution in [0.25, 0.3) is 0 Å². The molecular weight excluding hydrogens is 350 g/mol. The lowest BCUT2D eigenvalue weighted by Gasteiger charge is -2.16. The fourth-order valence-electron chi connectivity index (χ4n) is 1.51. The standard InChI is InChI=1S/C11H12BrN3O2S2/c1-15(6-9-5-8(12)7-18-9)19(16,17)11-10(13)3-2-4-14-11/h2-5,7H,6,13H2,1H3. The Morgan fingerprint density at radius 2 is 2.26 bits per heavy atom. The maximum absolute atomic E-state index is 12.3. The Hall–Kier alpha value is -0.960. The maximum Gasteiger partial charge on any atom is 0.262 e. The zero-order valence-electron chi connectivity index (χ0n) is 10.1. The Balaban J connectivity index is 2.27. The van der Waals surface area contributed by atoms with Crippen LogP contribution in [-0.2, 0) is 16.6 Å². The lowest BCUT2D eigenvalue weighted by Crippen LogP contribution is -2.27.